The number of rotatable bonds is 6. The molecule has 28 heavy (non-hydrogen) atoms. The summed E-state index contributed by atoms with van der Waals surface area (Å²) >= 11 is 0. The second-order valence-corrected chi connectivity index (χ2v) is 9.80. The zero-order valence-electron chi connectivity index (χ0n) is 17.5. The zero-order chi connectivity index (χ0) is 19.6. The first-order valence-corrected chi connectivity index (χ1v) is 11.9. The number of hydrogen-bond donors (Lipinski definition) is 1. The SMILES string of the molecule is C=CCN1[C@@H]2CC[C@@H]1[C@H](OC(=O)C(O)(C1CCCCC1)C1CCCCC1)CC2. The van der Waals surface area contributed by atoms with Gasteiger partial charge >= 0.3 is 5.97 Å². The first-order chi connectivity index (χ1) is 13.6. The summed E-state index contributed by atoms with van der Waals surface area (Å²) in [5, 5.41) is 11.9. The van der Waals surface area contributed by atoms with Crippen molar-refractivity contribution in [3.05, 3.63) is 12.7 Å². The lowest BCUT2D eigenvalue weighted by atomic mass is 9.66. The standard InChI is InChI=1S/C24H39NO3/c1-2-17-25-20-13-15-21(25)22(16-14-20)28-23(26)24(27,18-9-5-3-6-10-18)19-11-7-4-8-12-19/h2,18-22,27H,1,3-17H2/t20-,21-,22-/m1/s1. The molecule has 0 aromatic heterocycles. The smallest absolute Gasteiger partial charge is 0.339 e. The van der Waals surface area contributed by atoms with Crippen LogP contribution in [-0.4, -0.2) is 46.3 Å². The van der Waals surface area contributed by atoms with Crippen LogP contribution in [0.15, 0.2) is 12.7 Å². The molecule has 2 saturated heterocycles. The van der Waals surface area contributed by atoms with Crippen LogP contribution in [0.4, 0.5) is 0 Å². The van der Waals surface area contributed by atoms with Gasteiger partial charge in [-0.3, -0.25) is 4.90 Å². The van der Waals surface area contributed by atoms with Gasteiger partial charge in [-0.15, -0.1) is 6.58 Å². The molecule has 0 unspecified atom stereocenters. The third-order valence-electron chi connectivity index (χ3n) is 8.28. The number of aliphatic hydroxyl groups is 1. The normalized spacial score (nSPS) is 33.0. The van der Waals surface area contributed by atoms with Crippen molar-refractivity contribution < 1.29 is 14.6 Å². The first-order valence-electron chi connectivity index (χ1n) is 11.9. The summed E-state index contributed by atoms with van der Waals surface area (Å²) in [7, 11) is 0. The third-order valence-corrected chi connectivity index (χ3v) is 8.28. The Morgan fingerprint density at radius 1 is 0.929 bits per heavy atom. The molecule has 4 nitrogen and oxygen atoms in total. The summed E-state index contributed by atoms with van der Waals surface area (Å²) in [6, 6.07) is 0.927. The third kappa shape index (κ3) is 3.79. The highest BCUT2D eigenvalue weighted by Crippen LogP contribution is 2.45. The number of ether oxygens (including phenoxy) is 1. The van der Waals surface area contributed by atoms with Crippen LogP contribution in [0, 0.1) is 11.8 Å². The Hall–Kier alpha value is -0.870. The lowest BCUT2D eigenvalue weighted by Gasteiger charge is -2.45. The molecule has 4 rings (SSSR count). The van der Waals surface area contributed by atoms with Crippen molar-refractivity contribution in [2.45, 2.75) is 114 Å². The molecule has 4 fully saturated rings. The summed E-state index contributed by atoms with van der Waals surface area (Å²) in [4.78, 5) is 16.0. The van der Waals surface area contributed by atoms with Gasteiger partial charge in [0.1, 0.15) is 6.10 Å². The van der Waals surface area contributed by atoms with Crippen molar-refractivity contribution in [2.24, 2.45) is 11.8 Å². The second kappa shape index (κ2) is 8.87. The van der Waals surface area contributed by atoms with Gasteiger partial charge < -0.3 is 9.84 Å². The van der Waals surface area contributed by atoms with E-state index in [1.165, 1.54) is 19.3 Å². The van der Waals surface area contributed by atoms with Gasteiger partial charge in [-0.25, -0.2) is 4.79 Å². The zero-order valence-corrected chi connectivity index (χ0v) is 17.5. The predicted molar refractivity (Wildman–Crippen MR) is 111 cm³/mol. The maximum Gasteiger partial charge on any atom is 0.339 e. The minimum absolute atomic E-state index is 0.0649. The number of piperidine rings is 1. The van der Waals surface area contributed by atoms with Crippen LogP contribution in [-0.2, 0) is 9.53 Å². The molecule has 158 valence electrons. The van der Waals surface area contributed by atoms with E-state index in [9.17, 15) is 9.90 Å². The Balaban J connectivity index is 1.51. The van der Waals surface area contributed by atoms with Crippen LogP contribution in [0.5, 0.6) is 0 Å². The molecule has 2 heterocycles. The van der Waals surface area contributed by atoms with E-state index < -0.39 is 5.60 Å². The summed E-state index contributed by atoms with van der Waals surface area (Å²) in [5.41, 5.74) is -1.26. The van der Waals surface area contributed by atoms with Crippen molar-refractivity contribution in [1.29, 1.82) is 0 Å². The van der Waals surface area contributed by atoms with Gasteiger partial charge in [0.2, 0.25) is 0 Å². The maximum atomic E-state index is 13.6. The van der Waals surface area contributed by atoms with Gasteiger partial charge in [-0.2, -0.15) is 0 Å². The number of nitrogens with zero attached hydrogens (tertiary/aromatic N) is 1. The molecular weight excluding hydrogens is 350 g/mol. The highest BCUT2D eigenvalue weighted by Gasteiger charge is 2.53. The van der Waals surface area contributed by atoms with E-state index in [1.54, 1.807) is 0 Å². The minimum Gasteiger partial charge on any atom is -0.459 e. The second-order valence-electron chi connectivity index (χ2n) is 9.80. The number of carbonyl (C=O) groups is 1. The molecule has 0 spiro atoms. The van der Waals surface area contributed by atoms with Crippen molar-refractivity contribution in [1.82, 2.24) is 4.90 Å². The van der Waals surface area contributed by atoms with Crippen molar-refractivity contribution in [3.63, 3.8) is 0 Å². The van der Waals surface area contributed by atoms with Crippen LogP contribution >= 0.6 is 0 Å². The number of esters is 1. The fourth-order valence-electron chi connectivity index (χ4n) is 6.78. The van der Waals surface area contributed by atoms with Crippen LogP contribution in [0.25, 0.3) is 0 Å². The number of fused-ring (bicyclic) bond motifs is 2. The van der Waals surface area contributed by atoms with E-state index in [2.05, 4.69) is 11.5 Å². The average molecular weight is 390 g/mol. The van der Waals surface area contributed by atoms with Gasteiger partial charge in [-0.05, 0) is 63.2 Å². The minimum atomic E-state index is -1.26. The van der Waals surface area contributed by atoms with Crippen LogP contribution < -0.4 is 0 Å². The Morgan fingerprint density at radius 2 is 1.50 bits per heavy atom. The van der Waals surface area contributed by atoms with E-state index in [-0.39, 0.29) is 23.9 Å². The molecule has 1 N–H and O–H groups in total. The molecule has 0 aromatic rings. The van der Waals surface area contributed by atoms with Crippen molar-refractivity contribution >= 4 is 5.97 Å². The monoisotopic (exact) mass is 389 g/mol. The molecule has 4 aliphatic rings. The van der Waals surface area contributed by atoms with E-state index in [4.69, 9.17) is 4.74 Å². The molecule has 0 radical (unpaired) electrons. The average Bonchev–Trinajstić information content (AvgIpc) is 3.02. The highest BCUT2D eigenvalue weighted by atomic mass is 16.6. The highest BCUT2D eigenvalue weighted by molar-refractivity contribution is 5.80. The molecule has 3 atom stereocenters. The predicted octanol–water partition coefficient (Wildman–Crippen LogP) is 4.60. The molecule has 0 amide bonds. The maximum absolute atomic E-state index is 13.6. The van der Waals surface area contributed by atoms with Gasteiger partial charge in [0.15, 0.2) is 5.60 Å². The molecule has 2 saturated carbocycles. The molecule has 2 aliphatic carbocycles. The summed E-state index contributed by atoms with van der Waals surface area (Å²) < 4.78 is 6.20. The van der Waals surface area contributed by atoms with E-state index in [0.717, 1.165) is 77.2 Å². The Bertz CT molecular complexity index is 532. The van der Waals surface area contributed by atoms with Crippen LogP contribution in [0.2, 0.25) is 0 Å². The molecule has 2 bridgehead atoms. The fourth-order valence-corrected chi connectivity index (χ4v) is 6.78. The number of hydrogen-bond acceptors (Lipinski definition) is 4. The summed E-state index contributed by atoms with van der Waals surface area (Å²) in [6.07, 6.45) is 17.1. The first kappa shape index (κ1) is 20.4. The van der Waals surface area contributed by atoms with Gasteiger partial charge in [-0.1, -0.05) is 44.6 Å². The lowest BCUT2D eigenvalue weighted by Crippen LogP contribution is -2.57. The van der Waals surface area contributed by atoms with Gasteiger partial charge in [0, 0.05) is 18.6 Å². The van der Waals surface area contributed by atoms with Gasteiger partial charge in [0.05, 0.1) is 0 Å². The molecule has 4 heteroatoms. The summed E-state index contributed by atoms with van der Waals surface area (Å²) in [5.74, 6) is -0.123. The molecule has 0 aromatic carbocycles. The fraction of sp³-hybridized carbons (Fsp3) is 0.875. The Morgan fingerprint density at radius 3 is 2.07 bits per heavy atom. The van der Waals surface area contributed by atoms with Crippen molar-refractivity contribution in [2.75, 3.05) is 6.54 Å². The van der Waals surface area contributed by atoms with Gasteiger partial charge in [0.25, 0.3) is 0 Å². The topological polar surface area (TPSA) is 49.8 Å². The number of carbonyl (C=O) groups excluding carboxylic acids is 1. The van der Waals surface area contributed by atoms with E-state index in [1.807, 2.05) is 6.08 Å². The van der Waals surface area contributed by atoms with E-state index >= 15 is 0 Å². The molecular formula is C24H39NO3. The lowest BCUT2D eigenvalue weighted by molar-refractivity contribution is -0.194. The molecule has 2 aliphatic heterocycles. The quantitative estimate of drug-likeness (QED) is 0.533. The largest absolute Gasteiger partial charge is 0.459 e. The summed E-state index contributed by atoms with van der Waals surface area (Å²) in [6.45, 7) is 4.78. The van der Waals surface area contributed by atoms with Crippen LogP contribution in [0.1, 0.15) is 89.9 Å². The Labute approximate surface area is 170 Å². The van der Waals surface area contributed by atoms with Crippen molar-refractivity contribution in [3.8, 4) is 0 Å². The van der Waals surface area contributed by atoms with E-state index in [0.29, 0.717) is 12.1 Å². The Kier molecular flexibility index (Phi) is 6.46. The van der Waals surface area contributed by atoms with Crippen LogP contribution in [0.3, 0.4) is 0 Å².